The predicted molar refractivity (Wildman–Crippen MR) is 83.3 cm³/mol. The van der Waals surface area contributed by atoms with Gasteiger partial charge in [-0.25, -0.2) is 0 Å². The number of carbonyl (C=O) groups excluding carboxylic acids is 1. The first kappa shape index (κ1) is 13.6. The molecular formula is C16H15N3OS. The third-order valence-corrected chi connectivity index (χ3v) is 4.00. The maximum atomic E-state index is 12.0. The molecule has 0 bridgehead atoms. The van der Waals surface area contributed by atoms with Crippen LogP contribution in [-0.4, -0.2) is 15.7 Å². The van der Waals surface area contributed by atoms with Crippen molar-refractivity contribution < 1.29 is 4.79 Å². The lowest BCUT2D eigenvalue weighted by atomic mass is 10.1. The minimum Gasteiger partial charge on any atom is -0.347 e. The highest BCUT2D eigenvalue weighted by Crippen LogP contribution is 2.09. The molecule has 1 amide bonds. The van der Waals surface area contributed by atoms with Gasteiger partial charge in [0.25, 0.3) is 5.91 Å². The fourth-order valence-corrected chi connectivity index (χ4v) is 2.67. The van der Waals surface area contributed by atoms with Crippen LogP contribution >= 0.6 is 11.3 Å². The number of rotatable bonds is 5. The van der Waals surface area contributed by atoms with Crippen LogP contribution in [0.1, 0.15) is 20.8 Å². The van der Waals surface area contributed by atoms with Crippen LogP contribution < -0.4 is 5.32 Å². The molecule has 0 saturated carbocycles. The van der Waals surface area contributed by atoms with Gasteiger partial charge in [-0.2, -0.15) is 5.10 Å². The average Bonchev–Trinajstić information content (AvgIpc) is 3.19. The van der Waals surface area contributed by atoms with Crippen molar-refractivity contribution in [2.75, 3.05) is 0 Å². The molecule has 0 fully saturated rings. The lowest BCUT2D eigenvalue weighted by molar-refractivity contribution is 0.0951. The normalized spacial score (nSPS) is 10.5. The molecule has 3 aromatic rings. The summed E-state index contributed by atoms with van der Waals surface area (Å²) in [6.45, 7) is 1.29. The molecule has 0 radical (unpaired) electrons. The standard InChI is InChI=1S/C16H15N3OS/c20-16(17-11-15-3-1-10-21-15)14-6-4-13(5-7-14)12-19-9-2-8-18-19/h1-10H,11-12H2,(H,17,20). The van der Waals surface area contributed by atoms with Crippen molar-refractivity contribution in [3.8, 4) is 0 Å². The molecule has 21 heavy (non-hydrogen) atoms. The summed E-state index contributed by atoms with van der Waals surface area (Å²) >= 11 is 1.64. The number of nitrogens with one attached hydrogen (secondary N) is 1. The first-order valence-electron chi connectivity index (χ1n) is 6.68. The second-order valence-corrected chi connectivity index (χ2v) is 5.69. The van der Waals surface area contributed by atoms with Crippen LogP contribution in [0.4, 0.5) is 0 Å². The highest BCUT2D eigenvalue weighted by Gasteiger charge is 2.05. The Morgan fingerprint density at radius 1 is 1.19 bits per heavy atom. The second-order valence-electron chi connectivity index (χ2n) is 4.66. The van der Waals surface area contributed by atoms with E-state index in [1.807, 2.05) is 58.7 Å². The molecule has 0 spiro atoms. The van der Waals surface area contributed by atoms with Crippen molar-refractivity contribution in [1.82, 2.24) is 15.1 Å². The van der Waals surface area contributed by atoms with Crippen LogP contribution in [0.5, 0.6) is 0 Å². The molecule has 4 nitrogen and oxygen atoms in total. The SMILES string of the molecule is O=C(NCc1cccs1)c1ccc(Cn2cccn2)cc1. The number of carbonyl (C=O) groups is 1. The van der Waals surface area contributed by atoms with E-state index in [-0.39, 0.29) is 5.91 Å². The monoisotopic (exact) mass is 297 g/mol. The van der Waals surface area contributed by atoms with Gasteiger partial charge in [-0.1, -0.05) is 18.2 Å². The van der Waals surface area contributed by atoms with Crippen molar-refractivity contribution in [1.29, 1.82) is 0 Å². The van der Waals surface area contributed by atoms with Crippen LogP contribution in [0.2, 0.25) is 0 Å². The summed E-state index contributed by atoms with van der Waals surface area (Å²) in [5.74, 6) is -0.0472. The Morgan fingerprint density at radius 2 is 2.05 bits per heavy atom. The van der Waals surface area contributed by atoms with Gasteiger partial charge >= 0.3 is 0 Å². The summed E-state index contributed by atoms with van der Waals surface area (Å²) in [6.07, 6.45) is 3.67. The van der Waals surface area contributed by atoms with Crippen LogP contribution in [0, 0.1) is 0 Å². The molecule has 5 heteroatoms. The zero-order valence-corrected chi connectivity index (χ0v) is 12.2. The van der Waals surface area contributed by atoms with Gasteiger partial charge in [-0.05, 0) is 35.2 Å². The van der Waals surface area contributed by atoms with Crippen molar-refractivity contribution in [2.45, 2.75) is 13.1 Å². The number of hydrogen-bond donors (Lipinski definition) is 1. The Bertz CT molecular complexity index is 688. The Morgan fingerprint density at radius 3 is 2.71 bits per heavy atom. The second kappa shape index (κ2) is 6.37. The summed E-state index contributed by atoms with van der Waals surface area (Å²) < 4.78 is 1.85. The van der Waals surface area contributed by atoms with Crippen LogP contribution in [-0.2, 0) is 13.1 Å². The molecule has 1 aromatic carbocycles. The van der Waals surface area contributed by atoms with Gasteiger partial charge < -0.3 is 5.32 Å². The molecule has 1 N–H and O–H groups in total. The average molecular weight is 297 g/mol. The summed E-state index contributed by atoms with van der Waals surface area (Å²) in [6, 6.07) is 13.5. The Hall–Kier alpha value is -2.40. The predicted octanol–water partition coefficient (Wildman–Crippen LogP) is 2.92. The van der Waals surface area contributed by atoms with Crippen LogP contribution in [0.15, 0.2) is 60.2 Å². The number of amides is 1. The molecule has 3 rings (SSSR count). The number of thiophene rings is 1. The third kappa shape index (κ3) is 3.58. The lowest BCUT2D eigenvalue weighted by Crippen LogP contribution is -2.22. The van der Waals surface area contributed by atoms with E-state index in [1.54, 1.807) is 17.5 Å². The van der Waals surface area contributed by atoms with Gasteiger partial charge in [0.1, 0.15) is 0 Å². The highest BCUT2D eigenvalue weighted by molar-refractivity contribution is 7.09. The Kier molecular flexibility index (Phi) is 4.12. The number of aromatic nitrogens is 2. The summed E-state index contributed by atoms with van der Waals surface area (Å²) in [7, 11) is 0. The zero-order chi connectivity index (χ0) is 14.5. The molecule has 0 aliphatic rings. The van der Waals surface area contributed by atoms with E-state index in [0.717, 1.165) is 10.4 Å². The highest BCUT2D eigenvalue weighted by atomic mass is 32.1. The summed E-state index contributed by atoms with van der Waals surface area (Å²) in [4.78, 5) is 13.2. The van der Waals surface area contributed by atoms with Crippen molar-refractivity contribution in [3.05, 3.63) is 76.2 Å². The molecule has 0 aliphatic carbocycles. The van der Waals surface area contributed by atoms with E-state index in [9.17, 15) is 4.79 Å². The smallest absolute Gasteiger partial charge is 0.251 e. The largest absolute Gasteiger partial charge is 0.347 e. The van der Waals surface area contributed by atoms with Gasteiger partial charge in [-0.3, -0.25) is 9.48 Å². The van der Waals surface area contributed by atoms with E-state index in [2.05, 4.69) is 10.4 Å². The Labute approximate surface area is 127 Å². The summed E-state index contributed by atoms with van der Waals surface area (Å²) in [5, 5.41) is 9.09. The van der Waals surface area contributed by atoms with Gasteiger partial charge in [-0.15, -0.1) is 11.3 Å². The third-order valence-electron chi connectivity index (χ3n) is 3.12. The van der Waals surface area contributed by atoms with Crippen molar-refractivity contribution >= 4 is 17.2 Å². The molecular weight excluding hydrogens is 282 g/mol. The molecule has 2 aromatic heterocycles. The molecule has 0 unspecified atom stereocenters. The van der Waals surface area contributed by atoms with Crippen molar-refractivity contribution in [2.24, 2.45) is 0 Å². The minimum atomic E-state index is -0.0472. The first-order chi connectivity index (χ1) is 10.3. The maximum Gasteiger partial charge on any atom is 0.251 e. The zero-order valence-electron chi connectivity index (χ0n) is 11.4. The van der Waals surface area contributed by atoms with E-state index in [0.29, 0.717) is 18.7 Å². The number of benzene rings is 1. The topological polar surface area (TPSA) is 46.9 Å². The Balaban J connectivity index is 1.59. The maximum absolute atomic E-state index is 12.0. The fourth-order valence-electron chi connectivity index (χ4n) is 2.03. The van der Waals surface area contributed by atoms with Gasteiger partial charge in [0, 0.05) is 22.8 Å². The van der Waals surface area contributed by atoms with E-state index in [1.165, 1.54) is 0 Å². The van der Waals surface area contributed by atoms with Crippen LogP contribution in [0.3, 0.4) is 0 Å². The first-order valence-corrected chi connectivity index (χ1v) is 7.56. The van der Waals surface area contributed by atoms with Crippen LogP contribution in [0.25, 0.3) is 0 Å². The van der Waals surface area contributed by atoms with Gasteiger partial charge in [0.05, 0.1) is 13.1 Å². The quantitative estimate of drug-likeness (QED) is 0.787. The van der Waals surface area contributed by atoms with Gasteiger partial charge in [0.2, 0.25) is 0 Å². The number of hydrogen-bond acceptors (Lipinski definition) is 3. The van der Waals surface area contributed by atoms with E-state index < -0.39 is 0 Å². The fraction of sp³-hybridized carbons (Fsp3) is 0.125. The molecule has 0 saturated heterocycles. The molecule has 0 aliphatic heterocycles. The van der Waals surface area contributed by atoms with Crippen molar-refractivity contribution in [3.63, 3.8) is 0 Å². The summed E-state index contributed by atoms with van der Waals surface area (Å²) in [5.41, 5.74) is 1.80. The van der Waals surface area contributed by atoms with Gasteiger partial charge in [0.15, 0.2) is 0 Å². The number of nitrogens with zero attached hydrogens (tertiary/aromatic N) is 2. The minimum absolute atomic E-state index is 0.0472. The van der Waals surface area contributed by atoms with E-state index >= 15 is 0 Å². The molecule has 2 heterocycles. The lowest BCUT2D eigenvalue weighted by Gasteiger charge is -2.06. The molecule has 106 valence electrons. The molecule has 0 atom stereocenters. The van der Waals surface area contributed by atoms with E-state index in [4.69, 9.17) is 0 Å².